The summed E-state index contributed by atoms with van der Waals surface area (Å²) in [4.78, 5) is 15.7. The van der Waals surface area contributed by atoms with Crippen LogP contribution in [0.1, 0.15) is 16.1 Å². The quantitative estimate of drug-likeness (QED) is 0.770. The number of amides is 1. The van der Waals surface area contributed by atoms with E-state index in [1.165, 1.54) is 37.5 Å². The van der Waals surface area contributed by atoms with E-state index in [0.29, 0.717) is 9.65 Å². The number of carbonyl (C=O) groups is 1. The van der Waals surface area contributed by atoms with E-state index in [1.54, 1.807) is 12.1 Å². The molecule has 1 aromatic carbocycles. The molecule has 2 heterocycles. The van der Waals surface area contributed by atoms with Crippen LogP contribution in [-0.2, 0) is 10.0 Å². The summed E-state index contributed by atoms with van der Waals surface area (Å²) in [7, 11) is -4.06. The Morgan fingerprint density at radius 3 is 2.72 bits per heavy atom. The number of halogens is 1. The largest absolute Gasteiger partial charge is 0.318 e. The lowest BCUT2D eigenvalue weighted by atomic mass is 10.2. The fourth-order valence-electron chi connectivity index (χ4n) is 2.03. The molecule has 7 nitrogen and oxygen atoms in total. The smallest absolute Gasteiger partial charge is 0.283 e. The molecule has 3 rings (SSSR count). The maximum atomic E-state index is 13.6. The van der Waals surface area contributed by atoms with E-state index in [4.69, 9.17) is 0 Å². The molecule has 0 aliphatic heterocycles. The molecule has 0 spiro atoms. The van der Waals surface area contributed by atoms with Crippen molar-refractivity contribution in [3.8, 4) is 0 Å². The molecule has 0 saturated carbocycles. The molecule has 0 radical (unpaired) electrons. The second-order valence-corrected chi connectivity index (χ2v) is 6.98. The third kappa shape index (κ3) is 3.41. The van der Waals surface area contributed by atoms with Gasteiger partial charge in [0.25, 0.3) is 15.9 Å². The Bertz CT molecular complexity index is 1030. The number of pyridine rings is 1. The number of aromatic nitrogens is 3. The van der Waals surface area contributed by atoms with Crippen molar-refractivity contribution in [3.63, 3.8) is 0 Å². The summed E-state index contributed by atoms with van der Waals surface area (Å²) in [6, 6.07) is 8.44. The SMILES string of the molecule is Cc1ccc(S(=O)(=O)n2cc(NC(=O)c3ccccn3)cn2)cc1F. The molecule has 0 aliphatic carbocycles. The van der Waals surface area contributed by atoms with Crippen LogP contribution in [-0.4, -0.2) is 28.5 Å². The topological polar surface area (TPSA) is 94.0 Å². The van der Waals surface area contributed by atoms with E-state index in [9.17, 15) is 17.6 Å². The molecule has 3 aromatic rings. The summed E-state index contributed by atoms with van der Waals surface area (Å²) >= 11 is 0. The summed E-state index contributed by atoms with van der Waals surface area (Å²) < 4.78 is 39.3. The fraction of sp³-hybridized carbons (Fsp3) is 0.0625. The highest BCUT2D eigenvalue weighted by molar-refractivity contribution is 7.89. The number of anilines is 1. The van der Waals surface area contributed by atoms with Crippen LogP contribution >= 0.6 is 0 Å². The van der Waals surface area contributed by atoms with Gasteiger partial charge in [-0.2, -0.15) is 17.6 Å². The van der Waals surface area contributed by atoms with Crippen molar-refractivity contribution in [1.29, 1.82) is 0 Å². The number of hydrogen-bond donors (Lipinski definition) is 1. The first-order valence-electron chi connectivity index (χ1n) is 7.17. The summed E-state index contributed by atoms with van der Waals surface area (Å²) in [6.07, 6.45) is 3.78. The summed E-state index contributed by atoms with van der Waals surface area (Å²) in [6.45, 7) is 1.53. The minimum absolute atomic E-state index is 0.173. The lowest BCUT2D eigenvalue weighted by molar-refractivity contribution is 0.102. The van der Waals surface area contributed by atoms with E-state index < -0.39 is 21.7 Å². The van der Waals surface area contributed by atoms with Crippen molar-refractivity contribution in [2.24, 2.45) is 0 Å². The number of benzene rings is 1. The van der Waals surface area contributed by atoms with Gasteiger partial charge in [-0.15, -0.1) is 0 Å². The van der Waals surface area contributed by atoms with E-state index in [0.717, 1.165) is 12.3 Å². The van der Waals surface area contributed by atoms with Gasteiger partial charge in [-0.05, 0) is 36.8 Å². The van der Waals surface area contributed by atoms with E-state index in [-0.39, 0.29) is 16.3 Å². The second kappa shape index (κ2) is 6.44. The second-order valence-electron chi connectivity index (χ2n) is 5.19. The average molecular weight is 360 g/mol. The van der Waals surface area contributed by atoms with Crippen LogP contribution in [0.4, 0.5) is 10.1 Å². The first-order chi connectivity index (χ1) is 11.9. The number of aryl methyl sites for hydroxylation is 1. The first kappa shape index (κ1) is 16.8. The molecule has 0 atom stereocenters. The molecule has 128 valence electrons. The van der Waals surface area contributed by atoms with Crippen LogP contribution < -0.4 is 5.32 Å². The number of nitrogens with zero attached hydrogens (tertiary/aromatic N) is 3. The van der Waals surface area contributed by atoms with Crippen LogP contribution in [0.15, 0.2) is 59.9 Å². The minimum atomic E-state index is -4.06. The molecule has 1 N–H and O–H groups in total. The van der Waals surface area contributed by atoms with Gasteiger partial charge in [0.2, 0.25) is 0 Å². The van der Waals surface area contributed by atoms with Crippen LogP contribution in [0.3, 0.4) is 0 Å². The zero-order valence-electron chi connectivity index (χ0n) is 13.0. The van der Waals surface area contributed by atoms with Crippen molar-refractivity contribution in [2.75, 3.05) is 5.32 Å². The zero-order valence-corrected chi connectivity index (χ0v) is 13.9. The van der Waals surface area contributed by atoms with Gasteiger partial charge in [-0.1, -0.05) is 12.1 Å². The first-order valence-corrected chi connectivity index (χ1v) is 8.61. The normalized spacial score (nSPS) is 11.3. The molecule has 0 saturated heterocycles. The van der Waals surface area contributed by atoms with Gasteiger partial charge in [0.1, 0.15) is 11.5 Å². The third-order valence-electron chi connectivity index (χ3n) is 3.40. The maximum absolute atomic E-state index is 13.6. The lowest BCUT2D eigenvalue weighted by Crippen LogP contribution is -2.15. The van der Waals surface area contributed by atoms with Crippen LogP contribution in [0.5, 0.6) is 0 Å². The fourth-order valence-corrected chi connectivity index (χ4v) is 3.17. The van der Waals surface area contributed by atoms with Gasteiger partial charge < -0.3 is 5.32 Å². The van der Waals surface area contributed by atoms with Crippen molar-refractivity contribution in [3.05, 3.63) is 72.1 Å². The Kier molecular flexibility index (Phi) is 4.32. The van der Waals surface area contributed by atoms with Gasteiger partial charge in [-0.3, -0.25) is 9.78 Å². The molecule has 25 heavy (non-hydrogen) atoms. The number of carbonyl (C=O) groups excluding carboxylic acids is 1. The Morgan fingerprint density at radius 1 is 1.24 bits per heavy atom. The van der Waals surface area contributed by atoms with Gasteiger partial charge in [-0.25, -0.2) is 4.39 Å². The highest BCUT2D eigenvalue weighted by atomic mass is 32.2. The number of nitrogens with one attached hydrogen (secondary N) is 1. The monoisotopic (exact) mass is 360 g/mol. The Morgan fingerprint density at radius 2 is 2.04 bits per heavy atom. The van der Waals surface area contributed by atoms with E-state index in [1.807, 2.05) is 0 Å². The van der Waals surface area contributed by atoms with Crippen molar-refractivity contribution >= 4 is 21.6 Å². The van der Waals surface area contributed by atoms with Gasteiger partial charge in [0, 0.05) is 6.20 Å². The molecule has 1 amide bonds. The standard InChI is InChI=1S/C16H13FN4O3S/c1-11-5-6-13(8-14(11)17)25(23,24)21-10-12(9-19-21)20-16(22)15-4-2-3-7-18-15/h2-10H,1H3,(H,20,22). The zero-order chi connectivity index (χ0) is 18.0. The highest BCUT2D eigenvalue weighted by Crippen LogP contribution is 2.18. The molecular formula is C16H13FN4O3S. The number of rotatable bonds is 4. The van der Waals surface area contributed by atoms with Gasteiger partial charge in [0.05, 0.1) is 23.0 Å². The van der Waals surface area contributed by atoms with Crippen molar-refractivity contribution in [2.45, 2.75) is 11.8 Å². The van der Waals surface area contributed by atoms with E-state index in [2.05, 4.69) is 15.4 Å². The average Bonchev–Trinajstić information content (AvgIpc) is 3.07. The summed E-state index contributed by atoms with van der Waals surface area (Å²) in [5, 5.41) is 6.23. The van der Waals surface area contributed by atoms with Crippen LogP contribution in [0, 0.1) is 12.7 Å². The summed E-state index contributed by atoms with van der Waals surface area (Å²) in [5.74, 6) is -1.13. The Labute approximate surface area is 143 Å². The maximum Gasteiger partial charge on any atom is 0.283 e. The summed E-state index contributed by atoms with van der Waals surface area (Å²) in [5.41, 5.74) is 0.688. The third-order valence-corrected chi connectivity index (χ3v) is 4.94. The van der Waals surface area contributed by atoms with Crippen LogP contribution in [0.25, 0.3) is 0 Å². The highest BCUT2D eigenvalue weighted by Gasteiger charge is 2.20. The van der Waals surface area contributed by atoms with Crippen molar-refractivity contribution in [1.82, 2.24) is 14.2 Å². The Balaban J connectivity index is 1.85. The molecule has 9 heteroatoms. The molecular weight excluding hydrogens is 347 g/mol. The molecule has 2 aromatic heterocycles. The molecule has 0 unspecified atom stereocenters. The lowest BCUT2D eigenvalue weighted by Gasteiger charge is -2.05. The van der Waals surface area contributed by atoms with Gasteiger partial charge >= 0.3 is 0 Å². The van der Waals surface area contributed by atoms with E-state index >= 15 is 0 Å². The Hall–Kier alpha value is -3.07. The number of hydrogen-bond acceptors (Lipinski definition) is 5. The molecule has 0 bridgehead atoms. The van der Waals surface area contributed by atoms with Crippen molar-refractivity contribution < 1.29 is 17.6 Å². The predicted octanol–water partition coefficient (Wildman–Crippen LogP) is 2.21. The minimum Gasteiger partial charge on any atom is -0.318 e. The predicted molar refractivity (Wildman–Crippen MR) is 88.1 cm³/mol. The molecule has 0 aliphatic rings. The van der Waals surface area contributed by atoms with Crippen LogP contribution in [0.2, 0.25) is 0 Å². The molecule has 0 fully saturated rings. The van der Waals surface area contributed by atoms with Gasteiger partial charge in [0.15, 0.2) is 0 Å².